The van der Waals surface area contributed by atoms with Crippen LogP contribution in [0.15, 0.2) is 0 Å². The lowest BCUT2D eigenvalue weighted by Gasteiger charge is -2.36. The van der Waals surface area contributed by atoms with Crippen molar-refractivity contribution in [3.63, 3.8) is 0 Å². The Morgan fingerprint density at radius 3 is 2.43 bits per heavy atom. The molecule has 2 aliphatic rings. The van der Waals surface area contributed by atoms with Crippen LogP contribution >= 0.6 is 0 Å². The van der Waals surface area contributed by atoms with E-state index < -0.39 is 5.97 Å². The SMILES string of the molecule is CC(C)N(CCC(=O)O)C(=O)N1CCCC1C1CCCC1. The molecule has 0 aromatic heterocycles. The number of carbonyl (C=O) groups excluding carboxylic acids is 1. The zero-order valence-corrected chi connectivity index (χ0v) is 13.3. The molecule has 1 atom stereocenters. The van der Waals surface area contributed by atoms with E-state index in [2.05, 4.69) is 0 Å². The summed E-state index contributed by atoms with van der Waals surface area (Å²) in [5, 5.41) is 8.86. The van der Waals surface area contributed by atoms with Gasteiger partial charge in [-0.15, -0.1) is 0 Å². The third-order valence-corrected chi connectivity index (χ3v) is 4.92. The van der Waals surface area contributed by atoms with E-state index in [0.29, 0.717) is 18.5 Å². The molecule has 1 aliphatic carbocycles. The lowest BCUT2D eigenvalue weighted by atomic mass is 9.96. The summed E-state index contributed by atoms with van der Waals surface area (Å²) in [5.74, 6) is -0.188. The van der Waals surface area contributed by atoms with Crippen LogP contribution in [0.5, 0.6) is 0 Å². The summed E-state index contributed by atoms with van der Waals surface area (Å²) >= 11 is 0. The molecule has 1 saturated heterocycles. The van der Waals surface area contributed by atoms with Crippen LogP contribution in [-0.4, -0.2) is 52.1 Å². The topological polar surface area (TPSA) is 60.9 Å². The minimum absolute atomic E-state index is 0.0197. The van der Waals surface area contributed by atoms with E-state index in [1.165, 1.54) is 25.7 Å². The molecule has 1 N–H and O–H groups in total. The van der Waals surface area contributed by atoms with E-state index in [9.17, 15) is 9.59 Å². The Morgan fingerprint density at radius 2 is 1.86 bits per heavy atom. The number of carbonyl (C=O) groups is 2. The Morgan fingerprint density at radius 1 is 1.19 bits per heavy atom. The van der Waals surface area contributed by atoms with Crippen LogP contribution in [0.2, 0.25) is 0 Å². The first-order valence-corrected chi connectivity index (χ1v) is 8.29. The smallest absolute Gasteiger partial charge is 0.320 e. The third-order valence-electron chi connectivity index (χ3n) is 4.92. The summed E-state index contributed by atoms with van der Waals surface area (Å²) in [7, 11) is 0. The van der Waals surface area contributed by atoms with Gasteiger partial charge in [-0.1, -0.05) is 12.8 Å². The Balaban J connectivity index is 2.02. The van der Waals surface area contributed by atoms with Crippen LogP contribution in [-0.2, 0) is 4.79 Å². The van der Waals surface area contributed by atoms with Crippen LogP contribution < -0.4 is 0 Å². The molecule has 0 spiro atoms. The van der Waals surface area contributed by atoms with Crippen molar-refractivity contribution in [3.05, 3.63) is 0 Å². The molecular formula is C16H28N2O3. The summed E-state index contributed by atoms with van der Waals surface area (Å²) < 4.78 is 0. The second kappa shape index (κ2) is 7.14. The van der Waals surface area contributed by atoms with Crippen molar-refractivity contribution in [1.82, 2.24) is 9.80 Å². The van der Waals surface area contributed by atoms with Crippen molar-refractivity contribution in [2.75, 3.05) is 13.1 Å². The summed E-state index contributed by atoms with van der Waals surface area (Å²) in [6, 6.07) is 0.466. The molecule has 0 radical (unpaired) electrons. The fraction of sp³-hybridized carbons (Fsp3) is 0.875. The number of amides is 2. The van der Waals surface area contributed by atoms with E-state index in [0.717, 1.165) is 19.4 Å². The summed E-state index contributed by atoms with van der Waals surface area (Å²) in [6.45, 7) is 5.05. The van der Waals surface area contributed by atoms with Crippen molar-refractivity contribution in [2.45, 2.75) is 70.9 Å². The Labute approximate surface area is 127 Å². The number of carboxylic acid groups (broad SMARTS) is 1. The number of rotatable bonds is 5. The maximum absolute atomic E-state index is 12.8. The highest BCUT2D eigenvalue weighted by atomic mass is 16.4. The van der Waals surface area contributed by atoms with Crippen LogP contribution in [0.3, 0.4) is 0 Å². The minimum Gasteiger partial charge on any atom is -0.481 e. The predicted molar refractivity (Wildman–Crippen MR) is 81.2 cm³/mol. The third kappa shape index (κ3) is 3.89. The van der Waals surface area contributed by atoms with Crippen molar-refractivity contribution in [2.24, 2.45) is 5.92 Å². The van der Waals surface area contributed by atoms with E-state index in [1.54, 1.807) is 4.90 Å². The number of likely N-dealkylation sites (tertiary alicyclic amines) is 1. The van der Waals surface area contributed by atoms with Gasteiger partial charge >= 0.3 is 12.0 Å². The van der Waals surface area contributed by atoms with E-state index in [-0.39, 0.29) is 18.5 Å². The van der Waals surface area contributed by atoms with Crippen molar-refractivity contribution in [1.29, 1.82) is 0 Å². The van der Waals surface area contributed by atoms with Crippen molar-refractivity contribution < 1.29 is 14.7 Å². The van der Waals surface area contributed by atoms with Gasteiger partial charge in [0.05, 0.1) is 6.42 Å². The van der Waals surface area contributed by atoms with Gasteiger partial charge in [-0.25, -0.2) is 4.79 Å². The first kappa shape index (κ1) is 16.1. The molecule has 120 valence electrons. The van der Waals surface area contributed by atoms with Gasteiger partial charge in [0.1, 0.15) is 0 Å². The highest BCUT2D eigenvalue weighted by Crippen LogP contribution is 2.36. The van der Waals surface area contributed by atoms with Gasteiger partial charge in [0, 0.05) is 25.2 Å². The number of urea groups is 1. The van der Waals surface area contributed by atoms with Gasteiger partial charge in [-0.3, -0.25) is 4.79 Å². The molecule has 1 aliphatic heterocycles. The first-order chi connectivity index (χ1) is 10.0. The molecule has 1 unspecified atom stereocenters. The molecular weight excluding hydrogens is 268 g/mol. The van der Waals surface area contributed by atoms with Gasteiger partial charge in [-0.2, -0.15) is 0 Å². The van der Waals surface area contributed by atoms with Gasteiger partial charge in [0.15, 0.2) is 0 Å². The van der Waals surface area contributed by atoms with Crippen LogP contribution in [0.25, 0.3) is 0 Å². The number of nitrogens with zero attached hydrogens (tertiary/aromatic N) is 2. The number of hydrogen-bond acceptors (Lipinski definition) is 2. The number of aliphatic carboxylic acids is 1. The first-order valence-electron chi connectivity index (χ1n) is 8.29. The quantitative estimate of drug-likeness (QED) is 0.848. The molecule has 0 aromatic carbocycles. The Bertz CT molecular complexity index is 378. The Hall–Kier alpha value is -1.26. The van der Waals surface area contributed by atoms with E-state index in [1.807, 2.05) is 18.7 Å². The Kier molecular flexibility index (Phi) is 5.48. The molecule has 1 heterocycles. The number of carboxylic acids is 1. The lowest BCUT2D eigenvalue weighted by Crippen LogP contribution is -2.50. The molecule has 1 saturated carbocycles. The lowest BCUT2D eigenvalue weighted by molar-refractivity contribution is -0.137. The highest BCUT2D eigenvalue weighted by molar-refractivity contribution is 5.76. The maximum Gasteiger partial charge on any atom is 0.320 e. The summed E-state index contributed by atoms with van der Waals surface area (Å²) in [6.07, 6.45) is 7.27. The standard InChI is InChI=1S/C16H28N2O3/c1-12(2)17(11-9-15(19)20)16(21)18-10-5-8-14(18)13-6-3-4-7-13/h12-14H,3-11H2,1-2H3,(H,19,20). The fourth-order valence-corrected chi connectivity index (χ4v) is 3.82. The highest BCUT2D eigenvalue weighted by Gasteiger charge is 2.38. The summed E-state index contributed by atoms with van der Waals surface area (Å²) in [4.78, 5) is 27.4. The van der Waals surface area contributed by atoms with Crippen LogP contribution in [0, 0.1) is 5.92 Å². The summed E-state index contributed by atoms with van der Waals surface area (Å²) in [5.41, 5.74) is 0. The number of hydrogen-bond donors (Lipinski definition) is 1. The second-order valence-corrected chi connectivity index (χ2v) is 6.66. The zero-order valence-electron chi connectivity index (χ0n) is 13.3. The zero-order chi connectivity index (χ0) is 15.4. The molecule has 5 heteroatoms. The largest absolute Gasteiger partial charge is 0.481 e. The van der Waals surface area contributed by atoms with Crippen molar-refractivity contribution in [3.8, 4) is 0 Å². The average molecular weight is 296 g/mol. The van der Waals surface area contributed by atoms with Crippen LogP contribution in [0.4, 0.5) is 4.79 Å². The molecule has 2 amide bonds. The predicted octanol–water partition coefficient (Wildman–Crippen LogP) is 2.95. The van der Waals surface area contributed by atoms with E-state index >= 15 is 0 Å². The van der Waals surface area contributed by atoms with E-state index in [4.69, 9.17) is 5.11 Å². The van der Waals surface area contributed by atoms with Crippen molar-refractivity contribution >= 4 is 12.0 Å². The molecule has 5 nitrogen and oxygen atoms in total. The normalized spacial score (nSPS) is 23.0. The molecule has 2 rings (SSSR count). The minimum atomic E-state index is -0.845. The molecule has 0 bridgehead atoms. The fourth-order valence-electron chi connectivity index (χ4n) is 3.82. The van der Waals surface area contributed by atoms with Gasteiger partial charge < -0.3 is 14.9 Å². The molecule has 0 aromatic rings. The molecule has 2 fully saturated rings. The maximum atomic E-state index is 12.8. The van der Waals surface area contributed by atoms with Gasteiger partial charge in [0.25, 0.3) is 0 Å². The average Bonchev–Trinajstić information content (AvgIpc) is 3.08. The van der Waals surface area contributed by atoms with Crippen LogP contribution in [0.1, 0.15) is 58.8 Å². The monoisotopic (exact) mass is 296 g/mol. The second-order valence-electron chi connectivity index (χ2n) is 6.66. The van der Waals surface area contributed by atoms with Gasteiger partial charge in [0.2, 0.25) is 0 Å². The molecule has 21 heavy (non-hydrogen) atoms. The van der Waals surface area contributed by atoms with Gasteiger partial charge in [-0.05, 0) is 45.4 Å².